The number of hydrogen-bond acceptors (Lipinski definition) is 4. The normalized spacial score (nSPS) is 50.5. The lowest BCUT2D eigenvalue weighted by molar-refractivity contribution is -0.126. The summed E-state index contributed by atoms with van der Waals surface area (Å²) in [4.78, 5) is 0. The molecule has 2 rings (SSSR count). The second-order valence-corrected chi connectivity index (χ2v) is 4.26. The van der Waals surface area contributed by atoms with Gasteiger partial charge in [0.15, 0.2) is 0 Å². The highest BCUT2D eigenvalue weighted by Gasteiger charge is 2.57. The Balaban J connectivity index is 2.00. The van der Waals surface area contributed by atoms with Gasteiger partial charge in [0, 0.05) is 20.1 Å². The maximum atomic E-state index is 10.2. The smallest absolute Gasteiger partial charge is 0.108 e. The third-order valence-electron chi connectivity index (χ3n) is 3.44. The number of nitrogens with two attached hydrogens (primary N) is 1. The van der Waals surface area contributed by atoms with Crippen LogP contribution in [0.15, 0.2) is 0 Å². The highest BCUT2D eigenvalue weighted by molar-refractivity contribution is 5.13. The van der Waals surface area contributed by atoms with E-state index in [0.717, 1.165) is 12.8 Å². The van der Waals surface area contributed by atoms with Gasteiger partial charge in [0.2, 0.25) is 0 Å². The summed E-state index contributed by atoms with van der Waals surface area (Å²) in [6.07, 6.45) is 2.35. The first kappa shape index (κ1) is 9.40. The van der Waals surface area contributed by atoms with Crippen molar-refractivity contribution in [3.8, 4) is 0 Å². The fraction of sp³-hybridized carbons (Fsp3) is 1.00. The molecule has 1 saturated heterocycles. The number of hydrogen-bond donors (Lipinski definition) is 2. The van der Waals surface area contributed by atoms with Gasteiger partial charge in [-0.3, -0.25) is 0 Å². The zero-order valence-corrected chi connectivity index (χ0v) is 7.95. The van der Waals surface area contributed by atoms with Crippen LogP contribution < -0.4 is 5.73 Å². The molecule has 76 valence electrons. The van der Waals surface area contributed by atoms with Gasteiger partial charge in [0.05, 0.1) is 18.2 Å². The molecule has 13 heavy (non-hydrogen) atoms. The Bertz CT molecular complexity index is 195. The Hall–Kier alpha value is -0.160. The summed E-state index contributed by atoms with van der Waals surface area (Å²) in [5.41, 5.74) is 4.80. The van der Waals surface area contributed by atoms with Gasteiger partial charge in [-0.15, -0.1) is 0 Å². The summed E-state index contributed by atoms with van der Waals surface area (Å²) in [6.45, 7) is 0.993. The van der Waals surface area contributed by atoms with Crippen LogP contribution in [0.25, 0.3) is 0 Å². The fourth-order valence-corrected chi connectivity index (χ4v) is 2.25. The zero-order valence-electron chi connectivity index (χ0n) is 7.95. The van der Waals surface area contributed by atoms with Crippen molar-refractivity contribution in [2.45, 2.75) is 36.5 Å². The van der Waals surface area contributed by atoms with Crippen molar-refractivity contribution in [3.63, 3.8) is 0 Å². The standard InChI is InChI=1S/C9H17NO3/c1-12-7-4-8(10,5-7)9(11)2-3-13-6-9/h7,11H,2-6,10H2,1H3. The molecule has 0 bridgehead atoms. The van der Waals surface area contributed by atoms with E-state index in [0.29, 0.717) is 19.6 Å². The van der Waals surface area contributed by atoms with Crippen LogP contribution in [0.5, 0.6) is 0 Å². The van der Waals surface area contributed by atoms with Crippen LogP contribution >= 0.6 is 0 Å². The van der Waals surface area contributed by atoms with Crippen molar-refractivity contribution < 1.29 is 14.6 Å². The molecule has 1 aliphatic heterocycles. The minimum Gasteiger partial charge on any atom is -0.385 e. The molecule has 1 aliphatic carbocycles. The van der Waals surface area contributed by atoms with Crippen LogP contribution in [-0.4, -0.2) is 42.7 Å². The van der Waals surface area contributed by atoms with Crippen molar-refractivity contribution in [2.24, 2.45) is 5.73 Å². The largest absolute Gasteiger partial charge is 0.385 e. The lowest BCUT2D eigenvalue weighted by Gasteiger charge is -2.51. The number of methoxy groups -OCH3 is 1. The number of aliphatic hydroxyl groups is 1. The third-order valence-corrected chi connectivity index (χ3v) is 3.44. The summed E-state index contributed by atoms with van der Waals surface area (Å²) < 4.78 is 10.3. The predicted molar refractivity (Wildman–Crippen MR) is 47.3 cm³/mol. The Labute approximate surface area is 78.0 Å². The van der Waals surface area contributed by atoms with E-state index in [1.807, 2.05) is 0 Å². The van der Waals surface area contributed by atoms with Gasteiger partial charge in [0.25, 0.3) is 0 Å². The molecule has 1 saturated carbocycles. The van der Waals surface area contributed by atoms with Gasteiger partial charge >= 0.3 is 0 Å². The van der Waals surface area contributed by atoms with Gasteiger partial charge in [0.1, 0.15) is 5.60 Å². The van der Waals surface area contributed by atoms with Crippen molar-refractivity contribution in [3.05, 3.63) is 0 Å². The topological polar surface area (TPSA) is 64.7 Å². The van der Waals surface area contributed by atoms with Crippen LogP contribution in [0, 0.1) is 0 Å². The minimum absolute atomic E-state index is 0.217. The van der Waals surface area contributed by atoms with Crippen LogP contribution in [0.2, 0.25) is 0 Å². The highest BCUT2D eigenvalue weighted by atomic mass is 16.5. The Morgan fingerprint density at radius 3 is 2.69 bits per heavy atom. The Kier molecular flexibility index (Phi) is 2.11. The van der Waals surface area contributed by atoms with Crippen molar-refractivity contribution in [2.75, 3.05) is 20.3 Å². The van der Waals surface area contributed by atoms with Crippen LogP contribution in [0.4, 0.5) is 0 Å². The van der Waals surface area contributed by atoms with E-state index in [1.165, 1.54) is 0 Å². The molecule has 1 unspecified atom stereocenters. The molecule has 2 aliphatic rings. The number of ether oxygens (including phenoxy) is 2. The molecule has 1 atom stereocenters. The molecule has 0 radical (unpaired) electrons. The Morgan fingerprint density at radius 2 is 2.23 bits per heavy atom. The molecule has 3 N–H and O–H groups in total. The first-order chi connectivity index (χ1) is 6.10. The molecule has 0 aromatic rings. The summed E-state index contributed by atoms with van der Waals surface area (Å²) in [7, 11) is 1.68. The molecular formula is C9H17NO3. The van der Waals surface area contributed by atoms with Crippen LogP contribution in [0.1, 0.15) is 19.3 Å². The van der Waals surface area contributed by atoms with E-state index in [4.69, 9.17) is 15.2 Å². The van der Waals surface area contributed by atoms with E-state index in [2.05, 4.69) is 0 Å². The molecule has 4 heteroatoms. The first-order valence-corrected chi connectivity index (χ1v) is 4.71. The maximum Gasteiger partial charge on any atom is 0.108 e. The van der Waals surface area contributed by atoms with E-state index in [1.54, 1.807) is 7.11 Å². The zero-order chi connectivity index (χ0) is 9.53. The molecular weight excluding hydrogens is 170 g/mol. The molecule has 4 nitrogen and oxygen atoms in total. The lowest BCUT2D eigenvalue weighted by atomic mass is 9.64. The first-order valence-electron chi connectivity index (χ1n) is 4.71. The van der Waals surface area contributed by atoms with Gasteiger partial charge < -0.3 is 20.3 Å². The van der Waals surface area contributed by atoms with E-state index < -0.39 is 11.1 Å². The van der Waals surface area contributed by atoms with E-state index >= 15 is 0 Å². The quantitative estimate of drug-likeness (QED) is 0.620. The van der Waals surface area contributed by atoms with Crippen LogP contribution in [-0.2, 0) is 9.47 Å². The average Bonchev–Trinajstić information content (AvgIpc) is 2.47. The predicted octanol–water partition coefficient (Wildman–Crippen LogP) is -0.356. The molecule has 0 amide bonds. The van der Waals surface area contributed by atoms with Crippen molar-refractivity contribution in [1.29, 1.82) is 0 Å². The summed E-state index contributed by atoms with van der Waals surface area (Å²) in [6, 6.07) is 0. The second-order valence-electron chi connectivity index (χ2n) is 4.26. The monoisotopic (exact) mass is 187 g/mol. The molecule has 0 spiro atoms. The van der Waals surface area contributed by atoms with Crippen molar-refractivity contribution in [1.82, 2.24) is 0 Å². The van der Waals surface area contributed by atoms with Crippen molar-refractivity contribution >= 4 is 0 Å². The summed E-state index contributed by atoms with van der Waals surface area (Å²) in [5, 5.41) is 10.2. The fourth-order valence-electron chi connectivity index (χ4n) is 2.25. The van der Waals surface area contributed by atoms with E-state index in [9.17, 15) is 5.11 Å². The van der Waals surface area contributed by atoms with Crippen LogP contribution in [0.3, 0.4) is 0 Å². The molecule has 2 fully saturated rings. The van der Waals surface area contributed by atoms with E-state index in [-0.39, 0.29) is 6.10 Å². The highest BCUT2D eigenvalue weighted by Crippen LogP contribution is 2.43. The minimum atomic E-state index is -0.817. The Morgan fingerprint density at radius 1 is 1.54 bits per heavy atom. The summed E-state index contributed by atoms with van der Waals surface area (Å²) >= 11 is 0. The molecule has 0 aromatic heterocycles. The second kappa shape index (κ2) is 2.92. The van der Waals surface area contributed by atoms with Gasteiger partial charge in [-0.05, 0) is 12.8 Å². The van der Waals surface area contributed by atoms with Gasteiger partial charge in [-0.1, -0.05) is 0 Å². The lowest BCUT2D eigenvalue weighted by Crippen LogP contribution is -2.69. The maximum absolute atomic E-state index is 10.2. The molecule has 1 heterocycles. The average molecular weight is 187 g/mol. The van der Waals surface area contributed by atoms with Gasteiger partial charge in [-0.2, -0.15) is 0 Å². The molecule has 0 aromatic carbocycles. The SMILES string of the molecule is COC1CC(N)(C2(O)CCOC2)C1. The summed E-state index contributed by atoms with van der Waals surface area (Å²) in [5.74, 6) is 0. The number of rotatable bonds is 2. The van der Waals surface area contributed by atoms with Gasteiger partial charge in [-0.25, -0.2) is 0 Å². The third kappa shape index (κ3) is 1.29.